The van der Waals surface area contributed by atoms with Crippen molar-refractivity contribution in [3.63, 3.8) is 0 Å². The third-order valence-corrected chi connectivity index (χ3v) is 3.17. The number of nitrogens with zero attached hydrogens (tertiary/aromatic N) is 2. The van der Waals surface area contributed by atoms with Crippen molar-refractivity contribution in [2.45, 2.75) is 13.0 Å². The molecule has 19 heavy (non-hydrogen) atoms. The second kappa shape index (κ2) is 5.99. The van der Waals surface area contributed by atoms with Crippen LogP contribution in [0.15, 0.2) is 12.3 Å². The molecule has 1 aromatic heterocycles. The second-order valence-electron chi connectivity index (χ2n) is 4.55. The van der Waals surface area contributed by atoms with Gasteiger partial charge >= 0.3 is 0 Å². The lowest BCUT2D eigenvalue weighted by molar-refractivity contribution is -0.0447. The highest BCUT2D eigenvalue weighted by atomic mass is 16.5. The number of ether oxygens (including phenoxy) is 1. The van der Waals surface area contributed by atoms with Crippen LogP contribution in [0.1, 0.15) is 16.1 Å². The average molecular weight is 265 g/mol. The molecule has 0 aliphatic carbocycles. The zero-order valence-corrected chi connectivity index (χ0v) is 11.2. The third-order valence-electron chi connectivity index (χ3n) is 3.17. The summed E-state index contributed by atoms with van der Waals surface area (Å²) in [4.78, 5) is 18.3. The van der Waals surface area contributed by atoms with E-state index < -0.39 is 0 Å². The van der Waals surface area contributed by atoms with Gasteiger partial charge in [-0.1, -0.05) is 0 Å². The quantitative estimate of drug-likeness (QED) is 0.820. The number of hydrogen-bond donors (Lipinski definition) is 2. The third kappa shape index (κ3) is 3.02. The smallest absolute Gasteiger partial charge is 0.257 e. The van der Waals surface area contributed by atoms with Crippen LogP contribution in [0.3, 0.4) is 0 Å². The van der Waals surface area contributed by atoms with E-state index >= 15 is 0 Å². The van der Waals surface area contributed by atoms with E-state index in [1.165, 1.54) is 0 Å². The fourth-order valence-corrected chi connectivity index (χ4v) is 2.12. The highest BCUT2D eigenvalue weighted by Gasteiger charge is 2.26. The Bertz CT molecular complexity index is 464. The Morgan fingerprint density at radius 3 is 3.16 bits per heavy atom. The number of hydrogen-bond acceptors (Lipinski definition) is 5. The molecule has 1 fully saturated rings. The van der Waals surface area contributed by atoms with Gasteiger partial charge < -0.3 is 20.1 Å². The number of carbonyl (C=O) groups excluding carboxylic acids is 1. The molecule has 0 saturated carbocycles. The summed E-state index contributed by atoms with van der Waals surface area (Å²) in [6, 6.07) is 1.84. The normalized spacial score (nSPS) is 19.3. The molecule has 1 aliphatic rings. The molecule has 1 unspecified atom stereocenters. The van der Waals surface area contributed by atoms with E-state index in [9.17, 15) is 4.79 Å². The number of anilines is 1. The van der Waals surface area contributed by atoms with Crippen LogP contribution in [0, 0.1) is 6.92 Å². The van der Waals surface area contributed by atoms with Crippen molar-refractivity contribution in [3.05, 3.63) is 23.5 Å². The number of rotatable bonds is 3. The lowest BCUT2D eigenvalue weighted by atomic mass is 10.1. The number of aliphatic hydroxyl groups excluding tert-OH is 1. The maximum atomic E-state index is 12.5. The lowest BCUT2D eigenvalue weighted by Gasteiger charge is -2.32. The maximum absolute atomic E-state index is 12.5. The largest absolute Gasteiger partial charge is 0.394 e. The van der Waals surface area contributed by atoms with E-state index in [0.29, 0.717) is 25.3 Å². The Balaban J connectivity index is 2.19. The van der Waals surface area contributed by atoms with Crippen molar-refractivity contribution >= 4 is 11.6 Å². The predicted octanol–water partition coefficient (Wildman–Crippen LogP) is 0.265. The zero-order chi connectivity index (χ0) is 13.8. The van der Waals surface area contributed by atoms with E-state index in [4.69, 9.17) is 9.84 Å². The molecule has 2 rings (SSSR count). The van der Waals surface area contributed by atoms with Gasteiger partial charge in [-0.15, -0.1) is 0 Å². The van der Waals surface area contributed by atoms with Crippen molar-refractivity contribution in [2.75, 3.05) is 38.7 Å². The van der Waals surface area contributed by atoms with Crippen molar-refractivity contribution in [1.29, 1.82) is 0 Å². The van der Waals surface area contributed by atoms with E-state index in [1.807, 2.05) is 13.0 Å². The molecule has 1 aromatic rings. The molecular formula is C13H19N3O3. The summed E-state index contributed by atoms with van der Waals surface area (Å²) in [7, 11) is 1.78. The number of amides is 1. The van der Waals surface area contributed by atoms with Crippen molar-refractivity contribution in [2.24, 2.45) is 0 Å². The molecule has 2 N–H and O–H groups in total. The van der Waals surface area contributed by atoms with Crippen molar-refractivity contribution < 1.29 is 14.6 Å². The Labute approximate surface area is 112 Å². The van der Waals surface area contributed by atoms with Gasteiger partial charge in [0, 0.05) is 32.0 Å². The van der Waals surface area contributed by atoms with Crippen LogP contribution in [0.2, 0.25) is 0 Å². The van der Waals surface area contributed by atoms with Crippen LogP contribution in [0.5, 0.6) is 0 Å². The van der Waals surface area contributed by atoms with Crippen molar-refractivity contribution in [3.8, 4) is 0 Å². The molecule has 1 saturated heterocycles. The van der Waals surface area contributed by atoms with Gasteiger partial charge in [0.2, 0.25) is 0 Å². The molecule has 1 amide bonds. The van der Waals surface area contributed by atoms with Crippen LogP contribution >= 0.6 is 0 Å². The lowest BCUT2D eigenvalue weighted by Crippen LogP contribution is -2.47. The number of aryl methyl sites for hydroxylation is 1. The summed E-state index contributed by atoms with van der Waals surface area (Å²) >= 11 is 0. The molecule has 0 bridgehead atoms. The van der Waals surface area contributed by atoms with Gasteiger partial charge in [-0.25, -0.2) is 0 Å². The highest BCUT2D eigenvalue weighted by Crippen LogP contribution is 2.18. The molecule has 0 aromatic carbocycles. The Morgan fingerprint density at radius 2 is 2.47 bits per heavy atom. The topological polar surface area (TPSA) is 74.7 Å². The summed E-state index contributed by atoms with van der Waals surface area (Å²) in [5, 5.41) is 12.1. The summed E-state index contributed by atoms with van der Waals surface area (Å²) in [6.07, 6.45) is 1.29. The molecule has 2 heterocycles. The highest BCUT2D eigenvalue weighted by molar-refractivity contribution is 5.99. The Morgan fingerprint density at radius 1 is 1.68 bits per heavy atom. The molecule has 6 heteroatoms. The van der Waals surface area contributed by atoms with Crippen LogP contribution in [-0.4, -0.2) is 60.4 Å². The molecule has 0 spiro atoms. The SMILES string of the molecule is CNc1cc(C)ncc1C(=O)N1CCOC(CO)C1. The number of carbonyl (C=O) groups is 1. The van der Waals surface area contributed by atoms with Crippen molar-refractivity contribution in [1.82, 2.24) is 9.88 Å². The first-order valence-electron chi connectivity index (χ1n) is 6.32. The molecule has 1 atom stereocenters. The molecule has 6 nitrogen and oxygen atoms in total. The van der Waals surface area contributed by atoms with E-state index in [1.54, 1.807) is 18.1 Å². The van der Waals surface area contributed by atoms with Crippen LogP contribution < -0.4 is 5.32 Å². The monoisotopic (exact) mass is 265 g/mol. The molecule has 0 radical (unpaired) electrons. The minimum atomic E-state index is -0.297. The van der Waals surface area contributed by atoms with Gasteiger partial charge in [-0.2, -0.15) is 0 Å². The number of nitrogens with one attached hydrogen (secondary N) is 1. The molecular weight excluding hydrogens is 246 g/mol. The first-order chi connectivity index (χ1) is 9.15. The Kier molecular flexibility index (Phi) is 4.34. The van der Waals surface area contributed by atoms with Gasteiger partial charge in [0.25, 0.3) is 5.91 Å². The number of aromatic nitrogens is 1. The molecule has 104 valence electrons. The number of pyridine rings is 1. The number of morpholine rings is 1. The number of aliphatic hydroxyl groups is 1. The fourth-order valence-electron chi connectivity index (χ4n) is 2.12. The standard InChI is InChI=1S/C13H19N3O3/c1-9-5-12(14-2)11(6-15-9)13(18)16-3-4-19-10(7-16)8-17/h5-6,10,17H,3-4,7-8H2,1-2H3,(H,14,15). The van der Waals surface area contributed by atoms with E-state index in [0.717, 1.165) is 11.4 Å². The van der Waals surface area contributed by atoms with Gasteiger partial charge in [0.1, 0.15) is 0 Å². The van der Waals surface area contributed by atoms with Gasteiger partial charge in [-0.3, -0.25) is 9.78 Å². The summed E-state index contributed by atoms with van der Waals surface area (Å²) in [6.45, 7) is 3.20. The van der Waals surface area contributed by atoms with Crippen LogP contribution in [0.25, 0.3) is 0 Å². The minimum absolute atomic E-state index is 0.0746. The van der Waals surface area contributed by atoms with Crippen LogP contribution in [-0.2, 0) is 4.74 Å². The maximum Gasteiger partial charge on any atom is 0.257 e. The fraction of sp³-hybridized carbons (Fsp3) is 0.538. The summed E-state index contributed by atoms with van der Waals surface area (Å²) < 4.78 is 5.34. The average Bonchev–Trinajstić information content (AvgIpc) is 2.46. The van der Waals surface area contributed by atoms with E-state index in [2.05, 4.69) is 10.3 Å². The van der Waals surface area contributed by atoms with Gasteiger partial charge in [0.15, 0.2) is 0 Å². The molecule has 1 aliphatic heterocycles. The second-order valence-corrected chi connectivity index (χ2v) is 4.55. The van der Waals surface area contributed by atoms with Gasteiger partial charge in [0.05, 0.1) is 30.6 Å². The van der Waals surface area contributed by atoms with Gasteiger partial charge in [-0.05, 0) is 13.0 Å². The predicted molar refractivity (Wildman–Crippen MR) is 71.3 cm³/mol. The van der Waals surface area contributed by atoms with E-state index in [-0.39, 0.29) is 18.6 Å². The minimum Gasteiger partial charge on any atom is -0.394 e. The summed E-state index contributed by atoms with van der Waals surface area (Å²) in [5.74, 6) is -0.0846. The van der Waals surface area contributed by atoms with Crippen LogP contribution in [0.4, 0.5) is 5.69 Å². The first-order valence-corrected chi connectivity index (χ1v) is 6.32. The zero-order valence-electron chi connectivity index (χ0n) is 11.2. The summed E-state index contributed by atoms with van der Waals surface area (Å²) in [5.41, 5.74) is 2.17. The Hall–Kier alpha value is -1.66. The first kappa shape index (κ1) is 13.8.